The van der Waals surface area contributed by atoms with Gasteiger partial charge in [0.2, 0.25) is 0 Å². The second kappa shape index (κ2) is 10.9. The van der Waals surface area contributed by atoms with Gasteiger partial charge >= 0.3 is 6.09 Å². The Kier molecular flexibility index (Phi) is 8.56. The van der Waals surface area contributed by atoms with Crippen LogP contribution in [0.15, 0.2) is 21.8 Å². The van der Waals surface area contributed by atoms with Crippen molar-refractivity contribution in [2.24, 2.45) is 4.99 Å². The van der Waals surface area contributed by atoms with Crippen LogP contribution < -0.4 is 10.6 Å². The monoisotopic (exact) mass is 395 g/mol. The maximum Gasteiger partial charge on any atom is 0.407 e. The quantitative estimate of drug-likeness (QED) is 0.414. The molecule has 9 heteroatoms. The predicted molar refractivity (Wildman–Crippen MR) is 106 cm³/mol. The third-order valence-electron chi connectivity index (χ3n) is 4.22. The fourth-order valence-corrected chi connectivity index (χ4v) is 2.89. The molecular formula is C19H33N5O4. The average Bonchev–Trinajstić information content (AvgIpc) is 3.15. The van der Waals surface area contributed by atoms with Gasteiger partial charge in [0.15, 0.2) is 5.96 Å². The lowest BCUT2D eigenvalue weighted by Gasteiger charge is -2.34. The van der Waals surface area contributed by atoms with Gasteiger partial charge in [0.05, 0.1) is 12.6 Å². The summed E-state index contributed by atoms with van der Waals surface area (Å²) in [6, 6.07) is 1.83. The van der Waals surface area contributed by atoms with Crippen LogP contribution in [-0.2, 0) is 16.0 Å². The largest absolute Gasteiger partial charge is 0.444 e. The summed E-state index contributed by atoms with van der Waals surface area (Å²) in [5.74, 6) is 0.864. The summed E-state index contributed by atoms with van der Waals surface area (Å²) >= 11 is 0. The van der Waals surface area contributed by atoms with Gasteiger partial charge in [-0.2, -0.15) is 0 Å². The van der Waals surface area contributed by atoms with Crippen LogP contribution in [-0.4, -0.2) is 67.1 Å². The van der Waals surface area contributed by atoms with Gasteiger partial charge in [0.1, 0.15) is 17.6 Å². The number of ether oxygens (including phenoxy) is 2. The van der Waals surface area contributed by atoms with E-state index < -0.39 is 5.60 Å². The van der Waals surface area contributed by atoms with Crippen LogP contribution in [0.25, 0.3) is 0 Å². The lowest BCUT2D eigenvalue weighted by Crippen LogP contribution is -2.46. The van der Waals surface area contributed by atoms with Crippen LogP contribution in [0, 0.1) is 0 Å². The highest BCUT2D eigenvalue weighted by Crippen LogP contribution is 2.14. The Morgan fingerprint density at radius 3 is 2.71 bits per heavy atom. The van der Waals surface area contributed by atoms with Gasteiger partial charge < -0.3 is 29.5 Å². The van der Waals surface area contributed by atoms with E-state index >= 15 is 0 Å². The number of guanidine groups is 1. The standard InChI is InChI=1S/C19H33N5O4/c1-19(2,3)28-18(25)21-9-5-12-26-16-6-10-24(11-7-16)17(20-4)22-14-15-8-13-27-23-15/h8,13,16H,5-7,9-12,14H2,1-4H3,(H,20,22)(H,21,25). The first-order valence-corrected chi connectivity index (χ1v) is 9.80. The van der Waals surface area contributed by atoms with E-state index in [1.807, 2.05) is 26.8 Å². The van der Waals surface area contributed by atoms with Crippen molar-refractivity contribution in [2.45, 2.75) is 58.3 Å². The Morgan fingerprint density at radius 2 is 2.11 bits per heavy atom. The number of aromatic nitrogens is 1. The fraction of sp³-hybridized carbons (Fsp3) is 0.737. The molecule has 2 heterocycles. The molecule has 0 saturated carbocycles. The van der Waals surface area contributed by atoms with Crippen LogP contribution in [0.3, 0.4) is 0 Å². The topological polar surface area (TPSA) is 101 Å². The fourth-order valence-electron chi connectivity index (χ4n) is 2.89. The van der Waals surface area contributed by atoms with Gasteiger partial charge in [-0.3, -0.25) is 4.99 Å². The lowest BCUT2D eigenvalue weighted by atomic mass is 10.1. The summed E-state index contributed by atoms with van der Waals surface area (Å²) < 4.78 is 16.0. The smallest absolute Gasteiger partial charge is 0.407 e. The molecule has 1 amide bonds. The van der Waals surface area contributed by atoms with E-state index in [4.69, 9.17) is 14.0 Å². The Balaban J connectivity index is 1.57. The van der Waals surface area contributed by atoms with Crippen LogP contribution in [0.5, 0.6) is 0 Å². The number of aliphatic imine (C=N–C) groups is 1. The molecule has 0 spiro atoms. The summed E-state index contributed by atoms with van der Waals surface area (Å²) in [7, 11) is 1.78. The highest BCUT2D eigenvalue weighted by atomic mass is 16.6. The molecular weight excluding hydrogens is 362 g/mol. The minimum absolute atomic E-state index is 0.242. The van der Waals surface area contributed by atoms with E-state index in [1.165, 1.54) is 0 Å². The molecule has 1 aliphatic rings. The number of nitrogens with zero attached hydrogens (tertiary/aromatic N) is 3. The molecule has 0 aromatic carbocycles. The number of carbonyl (C=O) groups excluding carboxylic acids is 1. The zero-order chi connectivity index (χ0) is 20.4. The Bertz CT molecular complexity index is 604. The number of hydrogen-bond donors (Lipinski definition) is 2. The van der Waals surface area contributed by atoms with Crippen molar-refractivity contribution in [3.05, 3.63) is 18.0 Å². The van der Waals surface area contributed by atoms with Crippen molar-refractivity contribution in [3.63, 3.8) is 0 Å². The van der Waals surface area contributed by atoms with Crippen LogP contribution in [0.4, 0.5) is 4.79 Å². The molecule has 1 aliphatic heterocycles. The SMILES string of the molecule is CN=C(NCc1ccon1)N1CCC(OCCCNC(=O)OC(C)(C)C)CC1. The average molecular weight is 396 g/mol. The molecule has 158 valence electrons. The highest BCUT2D eigenvalue weighted by molar-refractivity contribution is 5.79. The number of piperidine rings is 1. The predicted octanol–water partition coefficient (Wildman–Crippen LogP) is 2.15. The van der Waals surface area contributed by atoms with Crippen LogP contribution >= 0.6 is 0 Å². The molecule has 0 bridgehead atoms. The number of hydrogen-bond acceptors (Lipinski definition) is 6. The number of alkyl carbamates (subject to hydrolysis) is 1. The van der Waals surface area contributed by atoms with Crippen molar-refractivity contribution in [1.29, 1.82) is 0 Å². The Labute approximate surface area is 166 Å². The molecule has 9 nitrogen and oxygen atoms in total. The maximum atomic E-state index is 11.6. The van der Waals surface area contributed by atoms with Gasteiger partial charge in [-0.05, 0) is 40.0 Å². The maximum absolute atomic E-state index is 11.6. The van der Waals surface area contributed by atoms with E-state index in [-0.39, 0.29) is 12.2 Å². The van der Waals surface area contributed by atoms with Gasteiger partial charge in [0, 0.05) is 39.4 Å². The second-order valence-corrected chi connectivity index (χ2v) is 7.73. The molecule has 2 rings (SSSR count). The number of rotatable bonds is 7. The zero-order valence-electron chi connectivity index (χ0n) is 17.4. The molecule has 28 heavy (non-hydrogen) atoms. The number of nitrogens with one attached hydrogen (secondary N) is 2. The summed E-state index contributed by atoms with van der Waals surface area (Å²) in [5.41, 5.74) is 0.374. The highest BCUT2D eigenvalue weighted by Gasteiger charge is 2.22. The number of carbonyl (C=O) groups is 1. The van der Waals surface area contributed by atoms with Gasteiger partial charge in [-0.25, -0.2) is 4.79 Å². The summed E-state index contributed by atoms with van der Waals surface area (Å²) in [4.78, 5) is 18.1. The number of amides is 1. The molecule has 1 aromatic rings. The van der Waals surface area contributed by atoms with E-state index in [2.05, 4.69) is 25.7 Å². The molecule has 1 fully saturated rings. The zero-order valence-corrected chi connectivity index (χ0v) is 17.4. The third-order valence-corrected chi connectivity index (χ3v) is 4.22. The van der Waals surface area contributed by atoms with Crippen molar-refractivity contribution < 1.29 is 18.8 Å². The first-order valence-electron chi connectivity index (χ1n) is 9.80. The summed E-state index contributed by atoms with van der Waals surface area (Å²) in [5, 5.41) is 9.94. The van der Waals surface area contributed by atoms with Crippen molar-refractivity contribution in [2.75, 3.05) is 33.3 Å². The third kappa shape index (κ3) is 8.16. The Morgan fingerprint density at radius 1 is 1.36 bits per heavy atom. The van der Waals surface area contributed by atoms with Gasteiger partial charge in [0.25, 0.3) is 0 Å². The second-order valence-electron chi connectivity index (χ2n) is 7.73. The van der Waals surface area contributed by atoms with Crippen molar-refractivity contribution >= 4 is 12.1 Å². The molecule has 1 saturated heterocycles. The van der Waals surface area contributed by atoms with Gasteiger partial charge in [-0.15, -0.1) is 0 Å². The lowest BCUT2D eigenvalue weighted by molar-refractivity contribution is 0.0170. The molecule has 1 aromatic heterocycles. The van der Waals surface area contributed by atoms with E-state index in [1.54, 1.807) is 13.3 Å². The normalized spacial score (nSPS) is 16.1. The minimum atomic E-state index is -0.473. The van der Waals surface area contributed by atoms with E-state index in [9.17, 15) is 4.79 Å². The molecule has 0 aliphatic carbocycles. The first kappa shape index (κ1) is 22.0. The molecule has 0 radical (unpaired) electrons. The van der Waals surface area contributed by atoms with Crippen LogP contribution in [0.2, 0.25) is 0 Å². The Hall–Kier alpha value is -2.29. The van der Waals surface area contributed by atoms with E-state index in [0.717, 1.165) is 44.0 Å². The molecule has 0 unspecified atom stereocenters. The minimum Gasteiger partial charge on any atom is -0.444 e. The first-order chi connectivity index (χ1) is 13.4. The molecule has 0 atom stereocenters. The number of likely N-dealkylation sites (tertiary alicyclic amines) is 1. The molecule has 2 N–H and O–H groups in total. The van der Waals surface area contributed by atoms with E-state index in [0.29, 0.717) is 19.7 Å². The summed E-state index contributed by atoms with van der Waals surface area (Å²) in [6.45, 7) is 9.08. The van der Waals surface area contributed by atoms with Crippen molar-refractivity contribution in [3.8, 4) is 0 Å². The van der Waals surface area contributed by atoms with Crippen LogP contribution in [0.1, 0.15) is 45.7 Å². The summed E-state index contributed by atoms with van der Waals surface area (Å²) in [6.07, 6.45) is 4.08. The van der Waals surface area contributed by atoms with Crippen molar-refractivity contribution in [1.82, 2.24) is 20.7 Å². The van der Waals surface area contributed by atoms with Gasteiger partial charge in [-0.1, -0.05) is 5.16 Å².